The summed E-state index contributed by atoms with van der Waals surface area (Å²) in [5, 5.41) is 8.70. The number of sulfone groups is 1. The maximum Gasteiger partial charge on any atom is 0.332 e. The van der Waals surface area contributed by atoms with E-state index < -0.39 is 39.7 Å². The SMILES string of the molecule is CCOC(=O)CS(=O)(=O)CC1CCC(C(=O)O)O1. The molecule has 1 aliphatic heterocycles. The number of ether oxygens (including phenoxy) is 2. The minimum atomic E-state index is -3.63. The fourth-order valence-electron chi connectivity index (χ4n) is 1.73. The number of rotatable bonds is 6. The van der Waals surface area contributed by atoms with Crippen LogP contribution in [-0.2, 0) is 28.9 Å². The Labute approximate surface area is 105 Å². The van der Waals surface area contributed by atoms with Crippen LogP contribution >= 0.6 is 0 Å². The van der Waals surface area contributed by atoms with E-state index in [1.807, 2.05) is 0 Å². The fourth-order valence-corrected chi connectivity index (χ4v) is 3.11. The van der Waals surface area contributed by atoms with Gasteiger partial charge < -0.3 is 14.6 Å². The zero-order chi connectivity index (χ0) is 13.8. The van der Waals surface area contributed by atoms with Crippen LogP contribution in [0.5, 0.6) is 0 Å². The highest BCUT2D eigenvalue weighted by Gasteiger charge is 2.34. The van der Waals surface area contributed by atoms with E-state index in [0.717, 1.165) is 0 Å². The first-order chi connectivity index (χ1) is 8.34. The van der Waals surface area contributed by atoms with Crippen LogP contribution < -0.4 is 0 Å². The molecule has 8 heteroatoms. The molecule has 0 aromatic heterocycles. The minimum absolute atomic E-state index is 0.120. The molecule has 0 bridgehead atoms. The lowest BCUT2D eigenvalue weighted by molar-refractivity contribution is -0.149. The molecule has 0 aromatic carbocycles. The fraction of sp³-hybridized carbons (Fsp3) is 0.800. The number of carbonyl (C=O) groups is 2. The van der Waals surface area contributed by atoms with E-state index in [1.54, 1.807) is 6.92 Å². The summed E-state index contributed by atoms with van der Waals surface area (Å²) in [5.74, 6) is -2.95. The molecule has 1 rings (SSSR count). The number of carboxylic acids is 1. The van der Waals surface area contributed by atoms with Crippen molar-refractivity contribution in [2.45, 2.75) is 32.0 Å². The maximum atomic E-state index is 11.6. The Balaban J connectivity index is 2.47. The van der Waals surface area contributed by atoms with Gasteiger partial charge in [0, 0.05) is 0 Å². The van der Waals surface area contributed by atoms with Crippen LogP contribution in [0.3, 0.4) is 0 Å². The van der Waals surface area contributed by atoms with Gasteiger partial charge in [0.05, 0.1) is 18.5 Å². The highest BCUT2D eigenvalue weighted by Crippen LogP contribution is 2.21. The Morgan fingerprint density at radius 1 is 1.39 bits per heavy atom. The molecule has 1 aliphatic rings. The Morgan fingerprint density at radius 2 is 2.06 bits per heavy atom. The van der Waals surface area contributed by atoms with Gasteiger partial charge in [0.2, 0.25) is 0 Å². The molecule has 1 fully saturated rings. The van der Waals surface area contributed by atoms with Crippen LogP contribution in [0.1, 0.15) is 19.8 Å². The summed E-state index contributed by atoms with van der Waals surface area (Å²) >= 11 is 0. The van der Waals surface area contributed by atoms with E-state index >= 15 is 0 Å². The van der Waals surface area contributed by atoms with E-state index in [-0.39, 0.29) is 18.8 Å². The van der Waals surface area contributed by atoms with Crippen molar-refractivity contribution in [1.29, 1.82) is 0 Å². The van der Waals surface area contributed by atoms with Crippen LogP contribution in [0, 0.1) is 0 Å². The van der Waals surface area contributed by atoms with E-state index in [4.69, 9.17) is 9.84 Å². The summed E-state index contributed by atoms with van der Waals surface area (Å²) in [6, 6.07) is 0. The Hall–Kier alpha value is -1.15. The lowest BCUT2D eigenvalue weighted by Gasteiger charge is -2.11. The van der Waals surface area contributed by atoms with Crippen molar-refractivity contribution in [3.05, 3.63) is 0 Å². The van der Waals surface area contributed by atoms with Crippen molar-refractivity contribution in [3.63, 3.8) is 0 Å². The molecule has 0 saturated carbocycles. The molecule has 0 aliphatic carbocycles. The second kappa shape index (κ2) is 6.14. The molecule has 0 spiro atoms. The number of esters is 1. The smallest absolute Gasteiger partial charge is 0.332 e. The van der Waals surface area contributed by atoms with Gasteiger partial charge >= 0.3 is 11.9 Å². The number of aliphatic carboxylic acids is 1. The first-order valence-corrected chi connectivity index (χ1v) is 7.40. The third-order valence-electron chi connectivity index (χ3n) is 2.47. The molecule has 0 radical (unpaired) electrons. The van der Waals surface area contributed by atoms with E-state index in [1.165, 1.54) is 0 Å². The van der Waals surface area contributed by atoms with Crippen molar-refractivity contribution in [2.75, 3.05) is 18.1 Å². The van der Waals surface area contributed by atoms with Gasteiger partial charge in [0.15, 0.2) is 15.9 Å². The Bertz CT molecular complexity index is 414. The summed E-state index contributed by atoms with van der Waals surface area (Å²) in [5.41, 5.74) is 0. The van der Waals surface area contributed by atoms with Crippen molar-refractivity contribution in [1.82, 2.24) is 0 Å². The molecule has 7 nitrogen and oxygen atoms in total. The molecule has 1 heterocycles. The quantitative estimate of drug-likeness (QED) is 0.659. The average Bonchev–Trinajstić information content (AvgIpc) is 2.64. The number of carbonyl (C=O) groups excluding carboxylic acids is 1. The first kappa shape index (κ1) is 14.9. The molecular weight excluding hydrogens is 264 g/mol. The zero-order valence-electron chi connectivity index (χ0n) is 10.00. The maximum absolute atomic E-state index is 11.6. The Kier molecular flexibility index (Phi) is 5.09. The first-order valence-electron chi connectivity index (χ1n) is 5.58. The zero-order valence-corrected chi connectivity index (χ0v) is 10.8. The molecule has 1 saturated heterocycles. The largest absolute Gasteiger partial charge is 0.479 e. The Morgan fingerprint density at radius 3 is 2.56 bits per heavy atom. The van der Waals surface area contributed by atoms with Gasteiger partial charge in [-0.3, -0.25) is 4.79 Å². The standard InChI is InChI=1S/C10H16O7S/c1-2-16-9(11)6-18(14,15)5-7-3-4-8(17-7)10(12)13/h7-8H,2-6H2,1H3,(H,12,13). The van der Waals surface area contributed by atoms with Gasteiger partial charge in [0.25, 0.3) is 0 Å². The third kappa shape index (κ3) is 4.61. The number of hydrogen-bond acceptors (Lipinski definition) is 6. The molecular formula is C10H16O7S. The van der Waals surface area contributed by atoms with Gasteiger partial charge in [-0.25, -0.2) is 13.2 Å². The summed E-state index contributed by atoms with van der Waals surface area (Å²) in [4.78, 5) is 21.7. The summed E-state index contributed by atoms with van der Waals surface area (Å²) in [7, 11) is -3.63. The molecule has 2 unspecified atom stereocenters. The van der Waals surface area contributed by atoms with Crippen molar-refractivity contribution in [3.8, 4) is 0 Å². The normalized spacial score (nSPS) is 23.8. The molecule has 0 aromatic rings. The molecule has 0 amide bonds. The summed E-state index contributed by atoms with van der Waals surface area (Å²) < 4.78 is 32.9. The second-order valence-corrected chi connectivity index (χ2v) is 6.13. The third-order valence-corrected chi connectivity index (χ3v) is 4.02. The molecule has 1 N–H and O–H groups in total. The predicted octanol–water partition coefficient (Wildman–Crippen LogP) is -0.403. The highest BCUT2D eigenvalue weighted by atomic mass is 32.2. The van der Waals surface area contributed by atoms with E-state index in [0.29, 0.717) is 6.42 Å². The van der Waals surface area contributed by atoms with Crippen LogP contribution in [0.25, 0.3) is 0 Å². The minimum Gasteiger partial charge on any atom is -0.479 e. The lowest BCUT2D eigenvalue weighted by atomic mass is 10.2. The van der Waals surface area contributed by atoms with Gasteiger partial charge in [-0.1, -0.05) is 0 Å². The number of hydrogen-bond donors (Lipinski definition) is 1. The van der Waals surface area contributed by atoms with Gasteiger partial charge in [-0.2, -0.15) is 0 Å². The van der Waals surface area contributed by atoms with Crippen LogP contribution in [-0.4, -0.2) is 55.8 Å². The number of carboxylic acid groups (broad SMARTS) is 1. The van der Waals surface area contributed by atoms with Gasteiger partial charge in [-0.15, -0.1) is 0 Å². The van der Waals surface area contributed by atoms with Gasteiger partial charge in [0.1, 0.15) is 5.75 Å². The summed E-state index contributed by atoms with van der Waals surface area (Å²) in [6.07, 6.45) is -0.966. The van der Waals surface area contributed by atoms with Crippen LogP contribution in [0.2, 0.25) is 0 Å². The van der Waals surface area contributed by atoms with Crippen LogP contribution in [0.4, 0.5) is 0 Å². The highest BCUT2D eigenvalue weighted by molar-refractivity contribution is 7.92. The monoisotopic (exact) mass is 280 g/mol. The molecule has 2 atom stereocenters. The predicted molar refractivity (Wildman–Crippen MR) is 60.8 cm³/mol. The van der Waals surface area contributed by atoms with Crippen molar-refractivity contribution in [2.24, 2.45) is 0 Å². The van der Waals surface area contributed by atoms with E-state index in [9.17, 15) is 18.0 Å². The molecule has 104 valence electrons. The van der Waals surface area contributed by atoms with E-state index in [2.05, 4.69) is 4.74 Å². The van der Waals surface area contributed by atoms with Gasteiger partial charge in [-0.05, 0) is 19.8 Å². The van der Waals surface area contributed by atoms with Crippen molar-refractivity contribution >= 4 is 21.8 Å². The molecule has 18 heavy (non-hydrogen) atoms. The van der Waals surface area contributed by atoms with Crippen LogP contribution in [0.15, 0.2) is 0 Å². The average molecular weight is 280 g/mol. The summed E-state index contributed by atoms with van der Waals surface area (Å²) in [6.45, 7) is 1.71. The lowest BCUT2D eigenvalue weighted by Crippen LogP contribution is -2.29. The van der Waals surface area contributed by atoms with Crippen molar-refractivity contribution < 1.29 is 32.6 Å². The second-order valence-electron chi connectivity index (χ2n) is 4.02. The topological polar surface area (TPSA) is 107 Å².